The lowest BCUT2D eigenvalue weighted by atomic mass is 9.75. The molecule has 1 aliphatic rings. The topological polar surface area (TPSA) is 32.5 Å². The number of hydrogen-bond acceptors (Lipinski definition) is 3. The van der Waals surface area contributed by atoms with Crippen LogP contribution in [0.5, 0.6) is 0 Å². The Hall–Kier alpha value is -1.13. The molecular formula is C16H26FN3. The van der Waals surface area contributed by atoms with E-state index in [4.69, 9.17) is 5.73 Å². The molecule has 1 saturated carbocycles. The van der Waals surface area contributed by atoms with Gasteiger partial charge in [-0.2, -0.15) is 0 Å². The predicted octanol–water partition coefficient (Wildman–Crippen LogP) is 2.77. The number of nitrogens with two attached hydrogens (primary N) is 1. The second-order valence-electron chi connectivity index (χ2n) is 6.33. The van der Waals surface area contributed by atoms with Crippen molar-refractivity contribution < 1.29 is 4.39 Å². The summed E-state index contributed by atoms with van der Waals surface area (Å²) in [6.45, 7) is 2.72. The van der Waals surface area contributed by atoms with E-state index < -0.39 is 0 Å². The van der Waals surface area contributed by atoms with E-state index in [-0.39, 0.29) is 17.4 Å². The first-order valence-electron chi connectivity index (χ1n) is 7.29. The second kappa shape index (κ2) is 5.70. The Morgan fingerprint density at radius 1 is 1.30 bits per heavy atom. The fourth-order valence-electron chi connectivity index (χ4n) is 2.97. The van der Waals surface area contributed by atoms with Crippen molar-refractivity contribution in [2.45, 2.75) is 37.8 Å². The molecule has 1 atom stereocenters. The van der Waals surface area contributed by atoms with Gasteiger partial charge in [-0.25, -0.2) is 4.39 Å². The Morgan fingerprint density at radius 2 is 1.95 bits per heavy atom. The number of halogens is 1. The first-order valence-corrected chi connectivity index (χ1v) is 7.29. The molecule has 4 heteroatoms. The van der Waals surface area contributed by atoms with Gasteiger partial charge in [0.05, 0.1) is 5.69 Å². The Labute approximate surface area is 121 Å². The smallest absolute Gasteiger partial charge is 0.146 e. The van der Waals surface area contributed by atoms with Crippen LogP contribution in [0.1, 0.15) is 37.8 Å². The molecular weight excluding hydrogens is 253 g/mol. The minimum atomic E-state index is -0.185. The molecule has 1 aliphatic carbocycles. The van der Waals surface area contributed by atoms with Gasteiger partial charge in [0.15, 0.2) is 0 Å². The van der Waals surface area contributed by atoms with Crippen LogP contribution in [-0.2, 0) is 0 Å². The van der Waals surface area contributed by atoms with Crippen molar-refractivity contribution >= 4 is 5.69 Å². The minimum absolute atomic E-state index is 0.136. The minimum Gasteiger partial charge on any atom is -0.370 e. The van der Waals surface area contributed by atoms with Gasteiger partial charge in [0.25, 0.3) is 0 Å². The highest BCUT2D eigenvalue weighted by atomic mass is 19.1. The number of hydrogen-bond donors (Lipinski definition) is 1. The standard InChI is InChI=1S/C16H26FN3/c1-12(18)13-6-7-15(14(17)10-13)20(4)11-16(19(2)3)8-5-9-16/h6-7,10,12H,5,8-9,11,18H2,1-4H3. The van der Waals surface area contributed by atoms with E-state index in [1.807, 2.05) is 31.0 Å². The highest BCUT2D eigenvalue weighted by Gasteiger charge is 2.40. The molecule has 1 aromatic rings. The van der Waals surface area contributed by atoms with Gasteiger partial charge in [0, 0.05) is 25.2 Å². The largest absolute Gasteiger partial charge is 0.370 e. The fraction of sp³-hybridized carbons (Fsp3) is 0.625. The maximum Gasteiger partial charge on any atom is 0.146 e. The van der Waals surface area contributed by atoms with Gasteiger partial charge in [-0.1, -0.05) is 6.07 Å². The summed E-state index contributed by atoms with van der Waals surface area (Å²) in [6, 6.07) is 5.18. The number of likely N-dealkylation sites (N-methyl/N-ethyl adjacent to an activating group) is 2. The molecule has 1 unspecified atom stereocenters. The first kappa shape index (κ1) is 15.3. The summed E-state index contributed by atoms with van der Waals surface area (Å²) in [5, 5.41) is 0. The second-order valence-corrected chi connectivity index (χ2v) is 6.33. The van der Waals surface area contributed by atoms with E-state index in [2.05, 4.69) is 19.0 Å². The fourth-order valence-corrected chi connectivity index (χ4v) is 2.97. The van der Waals surface area contributed by atoms with Crippen LogP contribution in [0, 0.1) is 5.82 Å². The van der Waals surface area contributed by atoms with Crippen LogP contribution in [-0.4, -0.2) is 38.1 Å². The van der Waals surface area contributed by atoms with Crippen molar-refractivity contribution in [2.75, 3.05) is 32.6 Å². The molecule has 1 fully saturated rings. The quantitative estimate of drug-likeness (QED) is 0.899. The van der Waals surface area contributed by atoms with Crippen LogP contribution in [0.3, 0.4) is 0 Å². The van der Waals surface area contributed by atoms with E-state index in [0.29, 0.717) is 5.69 Å². The van der Waals surface area contributed by atoms with Gasteiger partial charge >= 0.3 is 0 Å². The number of anilines is 1. The van der Waals surface area contributed by atoms with E-state index in [1.54, 1.807) is 6.07 Å². The van der Waals surface area contributed by atoms with Crippen LogP contribution >= 0.6 is 0 Å². The Kier molecular flexibility index (Phi) is 4.35. The Balaban J connectivity index is 2.15. The lowest BCUT2D eigenvalue weighted by Crippen LogP contribution is -2.56. The maximum atomic E-state index is 14.2. The predicted molar refractivity (Wildman–Crippen MR) is 82.5 cm³/mol. The summed E-state index contributed by atoms with van der Waals surface area (Å²) in [7, 11) is 6.19. The molecule has 1 aromatic carbocycles. The summed E-state index contributed by atoms with van der Waals surface area (Å²) < 4.78 is 14.2. The van der Waals surface area contributed by atoms with Gasteiger partial charge in [-0.3, -0.25) is 0 Å². The molecule has 0 aliphatic heterocycles. The third-order valence-corrected chi connectivity index (χ3v) is 4.67. The highest BCUT2D eigenvalue weighted by Crippen LogP contribution is 2.37. The van der Waals surface area contributed by atoms with Crippen molar-refractivity contribution in [1.82, 2.24) is 4.90 Å². The third kappa shape index (κ3) is 2.81. The average molecular weight is 279 g/mol. The average Bonchev–Trinajstić information content (AvgIpc) is 2.32. The van der Waals surface area contributed by atoms with Crippen molar-refractivity contribution in [3.63, 3.8) is 0 Å². The third-order valence-electron chi connectivity index (χ3n) is 4.67. The van der Waals surface area contributed by atoms with Gasteiger partial charge in [0.2, 0.25) is 0 Å². The van der Waals surface area contributed by atoms with Crippen molar-refractivity contribution in [1.29, 1.82) is 0 Å². The Bertz CT molecular complexity index is 467. The van der Waals surface area contributed by atoms with E-state index >= 15 is 0 Å². The first-order chi connectivity index (χ1) is 9.35. The maximum absolute atomic E-state index is 14.2. The van der Waals surface area contributed by atoms with Crippen LogP contribution in [0.4, 0.5) is 10.1 Å². The molecule has 112 valence electrons. The molecule has 0 spiro atoms. The van der Waals surface area contributed by atoms with Crippen LogP contribution in [0.15, 0.2) is 18.2 Å². The van der Waals surface area contributed by atoms with E-state index in [9.17, 15) is 4.39 Å². The number of nitrogens with zero attached hydrogens (tertiary/aromatic N) is 2. The van der Waals surface area contributed by atoms with E-state index in [0.717, 1.165) is 12.1 Å². The monoisotopic (exact) mass is 279 g/mol. The van der Waals surface area contributed by atoms with Crippen LogP contribution < -0.4 is 10.6 Å². The zero-order valence-electron chi connectivity index (χ0n) is 13.0. The highest BCUT2D eigenvalue weighted by molar-refractivity contribution is 5.49. The van der Waals surface area contributed by atoms with Crippen molar-refractivity contribution in [3.8, 4) is 0 Å². The summed E-state index contributed by atoms with van der Waals surface area (Å²) in [6.07, 6.45) is 3.63. The molecule has 0 saturated heterocycles. The molecule has 0 radical (unpaired) electrons. The molecule has 0 aromatic heterocycles. The van der Waals surface area contributed by atoms with Gasteiger partial charge in [-0.05, 0) is 58.0 Å². The molecule has 2 N–H and O–H groups in total. The number of benzene rings is 1. The molecule has 2 rings (SSSR count). The van der Waals surface area contributed by atoms with Gasteiger partial charge in [0.1, 0.15) is 5.82 Å². The Morgan fingerprint density at radius 3 is 2.35 bits per heavy atom. The molecule has 0 heterocycles. The number of rotatable bonds is 5. The lowest BCUT2D eigenvalue weighted by molar-refractivity contribution is 0.0682. The molecule has 20 heavy (non-hydrogen) atoms. The zero-order chi connectivity index (χ0) is 14.9. The SMILES string of the molecule is CC(N)c1ccc(N(C)CC2(N(C)C)CCC2)c(F)c1. The van der Waals surface area contributed by atoms with Gasteiger partial charge in [-0.15, -0.1) is 0 Å². The van der Waals surface area contributed by atoms with Crippen molar-refractivity contribution in [2.24, 2.45) is 5.73 Å². The van der Waals surface area contributed by atoms with Crippen LogP contribution in [0.2, 0.25) is 0 Å². The zero-order valence-corrected chi connectivity index (χ0v) is 13.0. The molecule has 0 amide bonds. The summed E-state index contributed by atoms with van der Waals surface area (Å²) in [4.78, 5) is 4.31. The molecule has 0 bridgehead atoms. The molecule has 3 nitrogen and oxygen atoms in total. The summed E-state index contributed by atoms with van der Waals surface area (Å²) >= 11 is 0. The van der Waals surface area contributed by atoms with Crippen molar-refractivity contribution in [3.05, 3.63) is 29.6 Å². The normalized spacial score (nSPS) is 18.8. The van der Waals surface area contributed by atoms with Gasteiger partial charge < -0.3 is 15.5 Å². The van der Waals surface area contributed by atoms with E-state index in [1.165, 1.54) is 19.3 Å². The lowest BCUT2D eigenvalue weighted by Gasteiger charge is -2.49. The summed E-state index contributed by atoms with van der Waals surface area (Å²) in [5.41, 5.74) is 7.48. The summed E-state index contributed by atoms with van der Waals surface area (Å²) in [5.74, 6) is -0.185. The van der Waals surface area contributed by atoms with Crippen LogP contribution in [0.25, 0.3) is 0 Å².